The predicted molar refractivity (Wildman–Crippen MR) is 132 cm³/mol. The highest BCUT2D eigenvalue weighted by atomic mass is 35.5. The summed E-state index contributed by atoms with van der Waals surface area (Å²) in [5.41, 5.74) is -0.375. The first kappa shape index (κ1) is 28.5. The van der Waals surface area contributed by atoms with Gasteiger partial charge in [-0.15, -0.1) is 0 Å². The molecular weight excluding hydrogens is 424 g/mol. The lowest BCUT2D eigenvalue weighted by molar-refractivity contribution is -0.168. The molecule has 32 heavy (non-hydrogen) atoms. The van der Waals surface area contributed by atoms with Gasteiger partial charge in [0, 0.05) is 0 Å². The first-order valence-electron chi connectivity index (χ1n) is 12.6. The van der Waals surface area contributed by atoms with E-state index in [9.17, 15) is 9.59 Å². The van der Waals surface area contributed by atoms with Crippen molar-refractivity contribution in [1.29, 1.82) is 0 Å². The minimum atomic E-state index is -1.30. The molecule has 0 N–H and O–H groups in total. The standard InChI is InChI=1S/C27H43ClO4/c1-5-8-9-10-11-12-13-14-15-16-17-20-31-25(29)27(6-2,7-3)26(30)32-24-21-22(4)18-19-23(24)28/h18-19,21H,5-17,20H2,1-4H3. The van der Waals surface area contributed by atoms with E-state index < -0.39 is 17.4 Å². The monoisotopic (exact) mass is 466 g/mol. The van der Waals surface area contributed by atoms with Crippen LogP contribution in [0.3, 0.4) is 0 Å². The molecule has 0 unspecified atom stereocenters. The lowest BCUT2D eigenvalue weighted by Gasteiger charge is -2.27. The molecule has 0 aliphatic heterocycles. The third-order valence-electron chi connectivity index (χ3n) is 6.26. The lowest BCUT2D eigenvalue weighted by Crippen LogP contribution is -2.42. The van der Waals surface area contributed by atoms with Crippen molar-refractivity contribution < 1.29 is 19.1 Å². The highest BCUT2D eigenvalue weighted by Gasteiger charge is 2.46. The van der Waals surface area contributed by atoms with Crippen LogP contribution in [0, 0.1) is 12.3 Å². The maximum atomic E-state index is 12.9. The Labute approximate surface area is 200 Å². The van der Waals surface area contributed by atoms with Crippen LogP contribution in [-0.2, 0) is 14.3 Å². The van der Waals surface area contributed by atoms with Gasteiger partial charge in [-0.25, -0.2) is 0 Å². The molecule has 0 fully saturated rings. The van der Waals surface area contributed by atoms with Gasteiger partial charge in [0.15, 0.2) is 5.41 Å². The summed E-state index contributed by atoms with van der Waals surface area (Å²) in [6.45, 7) is 8.10. The number of ether oxygens (including phenoxy) is 2. The molecule has 5 heteroatoms. The number of unbranched alkanes of at least 4 members (excludes halogenated alkanes) is 10. The van der Waals surface area contributed by atoms with E-state index in [4.69, 9.17) is 21.1 Å². The van der Waals surface area contributed by atoms with Gasteiger partial charge in [-0.05, 0) is 43.9 Å². The van der Waals surface area contributed by atoms with Gasteiger partial charge in [0.05, 0.1) is 11.6 Å². The van der Waals surface area contributed by atoms with E-state index in [0.717, 1.165) is 24.8 Å². The summed E-state index contributed by atoms with van der Waals surface area (Å²) < 4.78 is 11.0. The van der Waals surface area contributed by atoms with Crippen molar-refractivity contribution in [2.24, 2.45) is 5.41 Å². The summed E-state index contributed by atoms with van der Waals surface area (Å²) >= 11 is 6.16. The minimum absolute atomic E-state index is 0.279. The zero-order valence-electron chi connectivity index (χ0n) is 20.6. The average Bonchev–Trinajstić information content (AvgIpc) is 2.78. The van der Waals surface area contributed by atoms with Crippen LogP contribution in [0.4, 0.5) is 0 Å². The largest absolute Gasteiger partial charge is 0.465 e. The molecule has 1 aromatic rings. The van der Waals surface area contributed by atoms with Crippen molar-refractivity contribution in [3.05, 3.63) is 28.8 Å². The lowest BCUT2D eigenvalue weighted by atomic mass is 9.82. The van der Waals surface area contributed by atoms with Gasteiger partial charge < -0.3 is 9.47 Å². The van der Waals surface area contributed by atoms with E-state index in [1.165, 1.54) is 51.4 Å². The van der Waals surface area contributed by atoms with E-state index in [0.29, 0.717) is 24.5 Å². The van der Waals surface area contributed by atoms with E-state index in [1.54, 1.807) is 12.1 Å². The number of carbonyl (C=O) groups is 2. The zero-order valence-corrected chi connectivity index (χ0v) is 21.4. The molecule has 0 aromatic heterocycles. The third kappa shape index (κ3) is 9.52. The normalized spacial score (nSPS) is 11.4. The second-order valence-corrected chi connectivity index (χ2v) is 9.19. The molecule has 0 amide bonds. The smallest absolute Gasteiger partial charge is 0.328 e. The fourth-order valence-electron chi connectivity index (χ4n) is 3.87. The topological polar surface area (TPSA) is 52.6 Å². The molecule has 0 spiro atoms. The Morgan fingerprint density at radius 3 is 1.88 bits per heavy atom. The molecule has 0 saturated carbocycles. The fourth-order valence-corrected chi connectivity index (χ4v) is 4.02. The average molecular weight is 467 g/mol. The van der Waals surface area contributed by atoms with Crippen molar-refractivity contribution in [2.75, 3.05) is 6.61 Å². The summed E-state index contributed by atoms with van der Waals surface area (Å²) in [5, 5.41) is 0.347. The van der Waals surface area contributed by atoms with Crippen LogP contribution in [-0.4, -0.2) is 18.5 Å². The summed E-state index contributed by atoms with van der Waals surface area (Å²) in [7, 11) is 0. The van der Waals surface area contributed by atoms with Crippen LogP contribution in [0.5, 0.6) is 5.75 Å². The second-order valence-electron chi connectivity index (χ2n) is 8.78. The molecule has 0 heterocycles. The van der Waals surface area contributed by atoms with Gasteiger partial charge in [0.25, 0.3) is 0 Å². The van der Waals surface area contributed by atoms with Crippen molar-refractivity contribution in [3.8, 4) is 5.75 Å². The first-order chi connectivity index (χ1) is 15.4. The second kappa shape index (κ2) is 16.1. The number of hydrogen-bond donors (Lipinski definition) is 0. The Morgan fingerprint density at radius 1 is 0.812 bits per heavy atom. The van der Waals surface area contributed by atoms with Gasteiger partial charge in [-0.3, -0.25) is 9.59 Å². The quantitative estimate of drug-likeness (QED) is 0.100. The molecule has 0 bridgehead atoms. The van der Waals surface area contributed by atoms with E-state index in [1.807, 2.05) is 26.8 Å². The predicted octanol–water partition coefficient (Wildman–Crippen LogP) is 8.21. The van der Waals surface area contributed by atoms with E-state index >= 15 is 0 Å². The number of esters is 2. The van der Waals surface area contributed by atoms with Crippen molar-refractivity contribution in [2.45, 2.75) is 111 Å². The Balaban J connectivity index is 2.37. The first-order valence-corrected chi connectivity index (χ1v) is 12.9. The Bertz CT molecular complexity index is 682. The van der Waals surface area contributed by atoms with Gasteiger partial charge in [0.2, 0.25) is 0 Å². The molecule has 1 aromatic carbocycles. The SMILES string of the molecule is CCCCCCCCCCCCCOC(=O)C(CC)(CC)C(=O)Oc1cc(C)ccc1Cl. The molecule has 0 aliphatic rings. The molecule has 1 rings (SSSR count). The van der Waals surface area contributed by atoms with Crippen molar-refractivity contribution >= 4 is 23.5 Å². The summed E-state index contributed by atoms with van der Waals surface area (Å²) in [5.74, 6) is -0.816. The third-order valence-corrected chi connectivity index (χ3v) is 6.57. The number of carbonyl (C=O) groups excluding carboxylic acids is 2. The molecule has 0 aliphatic carbocycles. The Morgan fingerprint density at radius 2 is 1.34 bits per heavy atom. The Hall–Kier alpha value is -1.55. The highest BCUT2D eigenvalue weighted by Crippen LogP contribution is 2.33. The maximum Gasteiger partial charge on any atom is 0.328 e. The minimum Gasteiger partial charge on any atom is -0.465 e. The summed E-state index contributed by atoms with van der Waals surface area (Å²) in [6.07, 6.45) is 14.2. The number of benzene rings is 1. The van der Waals surface area contributed by atoms with Gasteiger partial charge in [-0.2, -0.15) is 0 Å². The van der Waals surface area contributed by atoms with Crippen LogP contribution in [0.1, 0.15) is 110 Å². The summed E-state index contributed by atoms with van der Waals surface area (Å²) in [4.78, 5) is 25.8. The number of hydrogen-bond acceptors (Lipinski definition) is 4. The van der Waals surface area contributed by atoms with E-state index in [-0.39, 0.29) is 5.75 Å². The van der Waals surface area contributed by atoms with Gasteiger partial charge in [0.1, 0.15) is 5.75 Å². The van der Waals surface area contributed by atoms with Crippen LogP contribution < -0.4 is 4.74 Å². The van der Waals surface area contributed by atoms with E-state index in [2.05, 4.69) is 6.92 Å². The molecule has 0 saturated heterocycles. The van der Waals surface area contributed by atoms with Crippen LogP contribution in [0.15, 0.2) is 18.2 Å². The van der Waals surface area contributed by atoms with Crippen LogP contribution >= 0.6 is 11.6 Å². The molecule has 0 radical (unpaired) electrons. The number of aryl methyl sites for hydroxylation is 1. The van der Waals surface area contributed by atoms with Gasteiger partial charge >= 0.3 is 11.9 Å². The van der Waals surface area contributed by atoms with Crippen molar-refractivity contribution in [1.82, 2.24) is 0 Å². The number of halogens is 1. The Kier molecular flexibility index (Phi) is 14.4. The fraction of sp³-hybridized carbons (Fsp3) is 0.704. The molecule has 182 valence electrons. The highest BCUT2D eigenvalue weighted by molar-refractivity contribution is 6.32. The van der Waals surface area contributed by atoms with Crippen LogP contribution in [0.25, 0.3) is 0 Å². The summed E-state index contributed by atoms with van der Waals surface area (Å²) in [6, 6.07) is 5.23. The zero-order chi connectivity index (χ0) is 23.8. The van der Waals surface area contributed by atoms with Crippen molar-refractivity contribution in [3.63, 3.8) is 0 Å². The maximum absolute atomic E-state index is 12.9. The molecule has 4 nitrogen and oxygen atoms in total. The van der Waals surface area contributed by atoms with Crippen LogP contribution in [0.2, 0.25) is 5.02 Å². The molecule has 0 atom stereocenters. The molecular formula is C27H43ClO4. The number of rotatable bonds is 17. The van der Waals surface area contributed by atoms with Gasteiger partial charge in [-0.1, -0.05) is 103 Å².